The number of carbonyl (C=O) groups excluding carboxylic acids is 2. The average Bonchev–Trinajstić information content (AvgIpc) is 2.46. The van der Waals surface area contributed by atoms with Crippen molar-refractivity contribution in [2.75, 3.05) is 7.11 Å². The largest absolute Gasteiger partial charge is 0.351 e. The van der Waals surface area contributed by atoms with Crippen LogP contribution in [0.4, 0.5) is 0 Å². The Labute approximate surface area is 134 Å². The summed E-state index contributed by atoms with van der Waals surface area (Å²) >= 11 is 0. The van der Waals surface area contributed by atoms with Crippen LogP contribution in [0.2, 0.25) is 0 Å². The Kier molecular flexibility index (Phi) is 6.56. The zero-order chi connectivity index (χ0) is 17.1. The fraction of sp³-hybridized carbons (Fsp3) is 0.882. The van der Waals surface area contributed by atoms with Crippen LogP contribution in [0.25, 0.3) is 0 Å². The molecule has 1 rings (SSSR count). The van der Waals surface area contributed by atoms with Crippen LogP contribution in [-0.4, -0.2) is 36.7 Å². The van der Waals surface area contributed by atoms with Crippen LogP contribution < -0.4 is 5.32 Å². The quantitative estimate of drug-likeness (QED) is 0.818. The average molecular weight is 313 g/mol. The number of ketones is 1. The summed E-state index contributed by atoms with van der Waals surface area (Å²) in [7, 11) is 1.51. The molecule has 0 aromatic heterocycles. The van der Waals surface area contributed by atoms with E-state index in [4.69, 9.17) is 9.47 Å². The Morgan fingerprint density at radius 2 is 1.95 bits per heavy atom. The third-order valence-electron chi connectivity index (χ3n) is 5.18. The number of hydrogen-bond acceptors (Lipinski definition) is 4. The molecule has 1 heterocycles. The molecular formula is C17H31NO4. The zero-order valence-corrected chi connectivity index (χ0v) is 14.9. The normalized spacial score (nSPS) is 34.8. The summed E-state index contributed by atoms with van der Waals surface area (Å²) in [6.45, 7) is 11.5. The summed E-state index contributed by atoms with van der Waals surface area (Å²) < 4.78 is 11.6. The molecule has 1 fully saturated rings. The van der Waals surface area contributed by atoms with Crippen molar-refractivity contribution >= 4 is 11.7 Å². The smallest absolute Gasteiger partial charge is 0.229 e. The summed E-state index contributed by atoms with van der Waals surface area (Å²) in [4.78, 5) is 23.7. The molecule has 1 aliphatic rings. The molecule has 0 bridgehead atoms. The van der Waals surface area contributed by atoms with E-state index in [2.05, 4.69) is 26.1 Å². The third kappa shape index (κ3) is 3.87. The molecule has 0 aromatic carbocycles. The highest BCUT2D eigenvalue weighted by Gasteiger charge is 2.51. The lowest BCUT2D eigenvalue weighted by atomic mass is 9.77. The van der Waals surface area contributed by atoms with Gasteiger partial charge in [0, 0.05) is 27.4 Å². The minimum absolute atomic E-state index is 0.0745. The highest BCUT2D eigenvalue weighted by Crippen LogP contribution is 2.39. The molecule has 4 unspecified atom stereocenters. The van der Waals surface area contributed by atoms with Gasteiger partial charge in [0.05, 0.1) is 12.1 Å². The summed E-state index contributed by atoms with van der Waals surface area (Å²) in [5, 5.41) is 3.01. The Morgan fingerprint density at radius 1 is 1.36 bits per heavy atom. The first-order valence-electron chi connectivity index (χ1n) is 8.19. The van der Waals surface area contributed by atoms with E-state index >= 15 is 0 Å². The SMILES string of the molecule is CC[C@@H](C)[C@@H](C)C1OC(OC)(C(C)=O)CC(C)C1NC(C)=O. The van der Waals surface area contributed by atoms with Gasteiger partial charge in [-0.3, -0.25) is 9.59 Å². The van der Waals surface area contributed by atoms with Crippen LogP contribution in [0.5, 0.6) is 0 Å². The maximum absolute atomic E-state index is 12.1. The molecule has 5 nitrogen and oxygen atoms in total. The molecular weight excluding hydrogens is 282 g/mol. The fourth-order valence-electron chi connectivity index (χ4n) is 3.31. The molecule has 0 saturated carbocycles. The molecule has 0 aliphatic carbocycles. The number of amides is 1. The lowest BCUT2D eigenvalue weighted by Gasteiger charge is -2.48. The van der Waals surface area contributed by atoms with Gasteiger partial charge in [0.1, 0.15) is 0 Å². The fourth-order valence-corrected chi connectivity index (χ4v) is 3.31. The topological polar surface area (TPSA) is 64.6 Å². The number of hydrogen-bond donors (Lipinski definition) is 1. The van der Waals surface area contributed by atoms with Gasteiger partial charge in [-0.25, -0.2) is 0 Å². The van der Waals surface area contributed by atoms with Crippen LogP contribution in [-0.2, 0) is 19.1 Å². The first kappa shape index (κ1) is 19.1. The summed E-state index contributed by atoms with van der Waals surface area (Å²) in [6.07, 6.45) is 1.22. The van der Waals surface area contributed by atoms with Gasteiger partial charge in [-0.2, -0.15) is 0 Å². The van der Waals surface area contributed by atoms with E-state index in [9.17, 15) is 9.59 Å². The van der Waals surface area contributed by atoms with Gasteiger partial charge in [0.25, 0.3) is 0 Å². The van der Waals surface area contributed by atoms with Gasteiger partial charge in [-0.1, -0.05) is 34.1 Å². The van der Waals surface area contributed by atoms with E-state index in [-0.39, 0.29) is 35.7 Å². The lowest BCUT2D eigenvalue weighted by molar-refractivity contribution is -0.277. The lowest BCUT2D eigenvalue weighted by Crippen LogP contribution is -2.62. The summed E-state index contributed by atoms with van der Waals surface area (Å²) in [6, 6.07) is -0.107. The van der Waals surface area contributed by atoms with Crippen LogP contribution in [0.1, 0.15) is 54.4 Å². The predicted octanol–water partition coefficient (Wildman–Crippen LogP) is 2.53. The zero-order valence-electron chi connectivity index (χ0n) is 14.9. The number of ether oxygens (including phenoxy) is 2. The van der Waals surface area contributed by atoms with Crippen molar-refractivity contribution in [2.45, 2.75) is 72.3 Å². The second kappa shape index (κ2) is 7.55. The number of methoxy groups -OCH3 is 1. The number of rotatable bonds is 6. The van der Waals surface area contributed by atoms with Gasteiger partial charge in [-0.05, 0) is 17.8 Å². The van der Waals surface area contributed by atoms with Gasteiger partial charge >= 0.3 is 0 Å². The van der Waals surface area contributed by atoms with Crippen molar-refractivity contribution in [3.63, 3.8) is 0 Å². The predicted molar refractivity (Wildman–Crippen MR) is 85.3 cm³/mol. The molecule has 1 amide bonds. The standard InChI is InChI=1S/C17H31NO4/c1-8-10(2)12(4)16-15(18-14(6)20)11(3)9-17(21-7,22-16)13(5)19/h10-12,15-16H,8-9H2,1-7H3,(H,18,20)/t10-,11?,12-,15?,16?,17?/m1/s1. The molecule has 5 heteroatoms. The van der Waals surface area contributed by atoms with Gasteiger partial charge in [0.2, 0.25) is 11.7 Å². The Morgan fingerprint density at radius 3 is 2.36 bits per heavy atom. The third-order valence-corrected chi connectivity index (χ3v) is 5.18. The molecule has 0 radical (unpaired) electrons. The molecule has 128 valence electrons. The van der Waals surface area contributed by atoms with E-state index in [0.29, 0.717) is 12.3 Å². The number of nitrogens with one attached hydrogen (secondary N) is 1. The number of carbonyl (C=O) groups is 2. The Hall–Kier alpha value is -0.940. The van der Waals surface area contributed by atoms with E-state index in [1.54, 1.807) is 0 Å². The number of Topliss-reactive ketones (excluding diaryl/α,β-unsaturated/α-hetero) is 1. The minimum Gasteiger partial charge on any atom is -0.351 e. The van der Waals surface area contributed by atoms with Gasteiger partial charge in [-0.15, -0.1) is 0 Å². The second-order valence-electron chi connectivity index (χ2n) is 6.75. The maximum atomic E-state index is 12.1. The van der Waals surface area contributed by atoms with E-state index in [1.807, 2.05) is 6.92 Å². The van der Waals surface area contributed by atoms with Crippen molar-refractivity contribution in [3.8, 4) is 0 Å². The summed E-state index contributed by atoms with van der Waals surface area (Å²) in [5.41, 5.74) is 0. The molecule has 1 N–H and O–H groups in total. The van der Waals surface area contributed by atoms with Crippen molar-refractivity contribution in [1.82, 2.24) is 5.32 Å². The molecule has 0 aromatic rings. The van der Waals surface area contributed by atoms with Crippen molar-refractivity contribution in [1.29, 1.82) is 0 Å². The van der Waals surface area contributed by atoms with E-state index in [1.165, 1.54) is 21.0 Å². The van der Waals surface area contributed by atoms with Crippen LogP contribution in [0.15, 0.2) is 0 Å². The minimum atomic E-state index is -1.19. The van der Waals surface area contributed by atoms with E-state index in [0.717, 1.165) is 6.42 Å². The first-order valence-corrected chi connectivity index (χ1v) is 8.19. The highest BCUT2D eigenvalue weighted by molar-refractivity contribution is 5.83. The highest BCUT2D eigenvalue weighted by atomic mass is 16.7. The first-order chi connectivity index (χ1) is 10.2. The van der Waals surface area contributed by atoms with Crippen LogP contribution in [0, 0.1) is 17.8 Å². The van der Waals surface area contributed by atoms with Gasteiger partial charge in [0.15, 0.2) is 5.78 Å². The van der Waals surface area contributed by atoms with Crippen LogP contribution in [0.3, 0.4) is 0 Å². The van der Waals surface area contributed by atoms with Crippen LogP contribution >= 0.6 is 0 Å². The van der Waals surface area contributed by atoms with Crippen molar-refractivity contribution in [3.05, 3.63) is 0 Å². The molecule has 6 atom stereocenters. The molecule has 1 aliphatic heterocycles. The van der Waals surface area contributed by atoms with Crippen molar-refractivity contribution in [2.24, 2.45) is 17.8 Å². The molecule has 22 heavy (non-hydrogen) atoms. The Bertz CT molecular complexity index is 411. The Balaban J connectivity index is 3.14. The van der Waals surface area contributed by atoms with Crippen molar-refractivity contribution < 1.29 is 19.1 Å². The van der Waals surface area contributed by atoms with Gasteiger partial charge < -0.3 is 14.8 Å². The molecule has 1 saturated heterocycles. The summed E-state index contributed by atoms with van der Waals surface area (Å²) in [5.74, 6) is -0.663. The van der Waals surface area contributed by atoms with E-state index < -0.39 is 5.79 Å². The second-order valence-corrected chi connectivity index (χ2v) is 6.75. The monoisotopic (exact) mass is 313 g/mol. The maximum Gasteiger partial charge on any atom is 0.229 e. The molecule has 0 spiro atoms.